The number of nitrogens with one attached hydrogen (secondary N) is 1. The van der Waals surface area contributed by atoms with E-state index in [0.29, 0.717) is 16.9 Å². The average molecular weight is 252 g/mol. The van der Waals surface area contributed by atoms with Crippen LogP contribution in [0.15, 0.2) is 5.51 Å². The molecular formula is C14H24N2S. The zero-order valence-corrected chi connectivity index (χ0v) is 12.6. The SMILES string of the molecule is Cc1ncsc1C(C)NCC1C(C)(C)C1(C)C. The molecule has 0 amide bonds. The van der Waals surface area contributed by atoms with Crippen molar-refractivity contribution in [2.75, 3.05) is 6.54 Å². The van der Waals surface area contributed by atoms with Gasteiger partial charge in [0.25, 0.3) is 0 Å². The van der Waals surface area contributed by atoms with Gasteiger partial charge in [0.1, 0.15) is 0 Å². The second-order valence-electron chi connectivity index (χ2n) is 6.43. The van der Waals surface area contributed by atoms with Crippen molar-refractivity contribution >= 4 is 11.3 Å². The van der Waals surface area contributed by atoms with Gasteiger partial charge >= 0.3 is 0 Å². The van der Waals surface area contributed by atoms with Crippen molar-refractivity contribution in [1.82, 2.24) is 10.3 Å². The Morgan fingerprint density at radius 3 is 2.35 bits per heavy atom. The molecule has 0 aliphatic heterocycles. The summed E-state index contributed by atoms with van der Waals surface area (Å²) in [6.45, 7) is 14.9. The summed E-state index contributed by atoms with van der Waals surface area (Å²) in [6, 6.07) is 0.426. The Balaban J connectivity index is 1.91. The van der Waals surface area contributed by atoms with Crippen molar-refractivity contribution in [2.24, 2.45) is 16.7 Å². The zero-order valence-electron chi connectivity index (χ0n) is 11.8. The molecule has 0 aromatic carbocycles. The molecule has 1 heterocycles. The lowest BCUT2D eigenvalue weighted by atomic mass is 10.0. The molecule has 0 bridgehead atoms. The Bertz CT molecular complexity index is 392. The predicted octanol–water partition coefficient (Wildman–Crippen LogP) is 3.78. The molecular weight excluding hydrogens is 228 g/mol. The number of thiazole rings is 1. The largest absolute Gasteiger partial charge is 0.309 e. The highest BCUT2D eigenvalue weighted by molar-refractivity contribution is 7.09. The molecule has 1 N–H and O–H groups in total. The molecule has 2 nitrogen and oxygen atoms in total. The van der Waals surface area contributed by atoms with Crippen molar-refractivity contribution in [3.05, 3.63) is 16.1 Å². The fourth-order valence-corrected chi connectivity index (χ4v) is 3.79. The molecule has 1 aromatic heterocycles. The van der Waals surface area contributed by atoms with Gasteiger partial charge < -0.3 is 5.32 Å². The van der Waals surface area contributed by atoms with E-state index in [1.165, 1.54) is 10.6 Å². The molecule has 17 heavy (non-hydrogen) atoms. The summed E-state index contributed by atoms with van der Waals surface area (Å²) in [5, 5.41) is 3.67. The molecule has 1 aliphatic carbocycles. The number of nitrogens with zero attached hydrogens (tertiary/aromatic N) is 1. The van der Waals surface area contributed by atoms with Crippen LogP contribution in [0.1, 0.15) is 51.2 Å². The Labute approximate surface area is 109 Å². The first-order valence-electron chi connectivity index (χ1n) is 6.42. The molecule has 1 unspecified atom stereocenters. The van der Waals surface area contributed by atoms with E-state index in [1.807, 2.05) is 5.51 Å². The number of aryl methyl sites for hydroxylation is 1. The van der Waals surface area contributed by atoms with Crippen LogP contribution in [0.4, 0.5) is 0 Å². The summed E-state index contributed by atoms with van der Waals surface area (Å²) in [6.07, 6.45) is 0. The van der Waals surface area contributed by atoms with E-state index in [4.69, 9.17) is 0 Å². The first-order valence-corrected chi connectivity index (χ1v) is 7.30. The quantitative estimate of drug-likeness (QED) is 0.882. The van der Waals surface area contributed by atoms with E-state index < -0.39 is 0 Å². The lowest BCUT2D eigenvalue weighted by Crippen LogP contribution is -2.22. The predicted molar refractivity (Wildman–Crippen MR) is 74.3 cm³/mol. The first-order chi connectivity index (χ1) is 7.78. The Morgan fingerprint density at radius 1 is 1.35 bits per heavy atom. The molecule has 1 saturated carbocycles. The van der Waals surface area contributed by atoms with Gasteiger partial charge in [0.2, 0.25) is 0 Å². The molecule has 0 saturated heterocycles. The molecule has 2 rings (SSSR count). The summed E-state index contributed by atoms with van der Waals surface area (Å²) in [7, 11) is 0. The topological polar surface area (TPSA) is 24.9 Å². The molecule has 3 heteroatoms. The third-order valence-electron chi connectivity index (χ3n) is 5.12. The maximum atomic E-state index is 4.32. The molecule has 0 radical (unpaired) electrons. The van der Waals surface area contributed by atoms with E-state index >= 15 is 0 Å². The molecule has 96 valence electrons. The van der Waals surface area contributed by atoms with E-state index in [0.717, 1.165) is 12.5 Å². The Morgan fingerprint density at radius 2 is 1.94 bits per heavy atom. The molecule has 1 aromatic rings. The van der Waals surface area contributed by atoms with E-state index in [1.54, 1.807) is 11.3 Å². The summed E-state index contributed by atoms with van der Waals surface area (Å²) < 4.78 is 0. The minimum absolute atomic E-state index is 0.426. The summed E-state index contributed by atoms with van der Waals surface area (Å²) >= 11 is 1.76. The molecule has 1 fully saturated rings. The van der Waals surface area contributed by atoms with Crippen molar-refractivity contribution in [2.45, 2.75) is 47.6 Å². The van der Waals surface area contributed by atoms with Crippen molar-refractivity contribution in [3.63, 3.8) is 0 Å². The maximum Gasteiger partial charge on any atom is 0.0798 e. The third kappa shape index (κ3) is 2.04. The number of hydrogen-bond acceptors (Lipinski definition) is 3. The monoisotopic (exact) mass is 252 g/mol. The zero-order chi connectivity index (χ0) is 12.8. The van der Waals surface area contributed by atoms with E-state index in [-0.39, 0.29) is 0 Å². The highest BCUT2D eigenvalue weighted by Gasteiger charge is 2.63. The van der Waals surface area contributed by atoms with Gasteiger partial charge in [0.05, 0.1) is 11.2 Å². The maximum absolute atomic E-state index is 4.32. The number of rotatable bonds is 4. The van der Waals surface area contributed by atoms with Crippen LogP contribution in [0.2, 0.25) is 0 Å². The lowest BCUT2D eigenvalue weighted by Gasteiger charge is -2.13. The van der Waals surface area contributed by atoms with Gasteiger partial charge in [-0.2, -0.15) is 0 Å². The van der Waals surface area contributed by atoms with Gasteiger partial charge in [-0.05, 0) is 37.1 Å². The van der Waals surface area contributed by atoms with Crippen molar-refractivity contribution in [3.8, 4) is 0 Å². The second kappa shape index (κ2) is 4.06. The first kappa shape index (κ1) is 13.0. The summed E-state index contributed by atoms with van der Waals surface area (Å²) in [5.74, 6) is 0.783. The van der Waals surface area contributed by atoms with Crippen LogP contribution in [-0.4, -0.2) is 11.5 Å². The van der Waals surface area contributed by atoms with Crippen molar-refractivity contribution in [1.29, 1.82) is 0 Å². The Kier molecular flexibility index (Phi) is 3.11. The van der Waals surface area contributed by atoms with Gasteiger partial charge in [0, 0.05) is 10.9 Å². The smallest absolute Gasteiger partial charge is 0.0798 e. The van der Waals surface area contributed by atoms with Gasteiger partial charge in [-0.25, -0.2) is 4.98 Å². The van der Waals surface area contributed by atoms with Gasteiger partial charge in [-0.3, -0.25) is 0 Å². The van der Waals surface area contributed by atoms with Gasteiger partial charge in [-0.15, -0.1) is 11.3 Å². The fourth-order valence-electron chi connectivity index (χ4n) is 2.96. The highest BCUT2D eigenvalue weighted by Crippen LogP contribution is 2.68. The average Bonchev–Trinajstić information content (AvgIpc) is 2.55. The van der Waals surface area contributed by atoms with Crippen LogP contribution < -0.4 is 5.32 Å². The normalized spacial score (nSPS) is 23.6. The third-order valence-corrected chi connectivity index (χ3v) is 6.24. The van der Waals surface area contributed by atoms with Crippen LogP contribution in [0.25, 0.3) is 0 Å². The molecule has 0 spiro atoms. The van der Waals surface area contributed by atoms with Gasteiger partial charge in [-0.1, -0.05) is 27.7 Å². The van der Waals surface area contributed by atoms with Crippen LogP contribution in [-0.2, 0) is 0 Å². The highest BCUT2D eigenvalue weighted by atomic mass is 32.1. The minimum atomic E-state index is 0.426. The second-order valence-corrected chi connectivity index (χ2v) is 7.31. The summed E-state index contributed by atoms with van der Waals surface area (Å²) in [4.78, 5) is 5.69. The van der Waals surface area contributed by atoms with Crippen LogP contribution in [0.5, 0.6) is 0 Å². The lowest BCUT2D eigenvalue weighted by molar-refractivity contribution is 0.457. The Hall–Kier alpha value is -0.410. The van der Waals surface area contributed by atoms with Crippen LogP contribution in [0.3, 0.4) is 0 Å². The standard InChI is InChI=1S/C14H24N2S/c1-9(12-10(2)16-8-17-12)15-7-11-13(3,4)14(11,5)6/h8-9,11,15H,7H2,1-6H3. The van der Waals surface area contributed by atoms with E-state index in [9.17, 15) is 0 Å². The number of hydrogen-bond donors (Lipinski definition) is 1. The fraction of sp³-hybridized carbons (Fsp3) is 0.786. The molecule has 1 atom stereocenters. The minimum Gasteiger partial charge on any atom is -0.309 e. The van der Waals surface area contributed by atoms with Crippen molar-refractivity contribution < 1.29 is 0 Å². The number of aromatic nitrogens is 1. The summed E-state index contributed by atoms with van der Waals surface area (Å²) in [5.41, 5.74) is 4.06. The van der Waals surface area contributed by atoms with E-state index in [2.05, 4.69) is 51.8 Å². The van der Waals surface area contributed by atoms with Crippen LogP contribution >= 0.6 is 11.3 Å². The van der Waals surface area contributed by atoms with Crippen LogP contribution in [0, 0.1) is 23.7 Å². The van der Waals surface area contributed by atoms with Gasteiger partial charge in [0.15, 0.2) is 0 Å². The molecule has 1 aliphatic rings.